The summed E-state index contributed by atoms with van der Waals surface area (Å²) in [5, 5.41) is 5.39. The van der Waals surface area contributed by atoms with Crippen LogP contribution in [-0.4, -0.2) is 26.7 Å². The normalized spacial score (nSPS) is 11.3. The van der Waals surface area contributed by atoms with Gasteiger partial charge in [-0.05, 0) is 31.5 Å². The maximum absolute atomic E-state index is 11.3. The molecule has 0 saturated carbocycles. The smallest absolute Gasteiger partial charge is 0.315 e. The summed E-state index contributed by atoms with van der Waals surface area (Å²) in [7, 11) is -3.17. The summed E-state index contributed by atoms with van der Waals surface area (Å²) in [6, 6.07) is 6.28. The van der Waals surface area contributed by atoms with Crippen LogP contribution in [0, 0.1) is 0 Å². The minimum absolute atomic E-state index is 0.0811. The van der Waals surface area contributed by atoms with E-state index < -0.39 is 9.84 Å². The van der Waals surface area contributed by atoms with Gasteiger partial charge in [-0.3, -0.25) is 0 Å². The molecule has 100 valence electrons. The van der Waals surface area contributed by atoms with Gasteiger partial charge < -0.3 is 10.6 Å². The fourth-order valence-corrected chi connectivity index (χ4v) is 1.98. The Morgan fingerprint density at radius 2 is 1.78 bits per heavy atom. The molecule has 0 atom stereocenters. The van der Waals surface area contributed by atoms with Gasteiger partial charge in [-0.1, -0.05) is 12.1 Å². The van der Waals surface area contributed by atoms with Gasteiger partial charge in [0.25, 0.3) is 0 Å². The zero-order valence-electron chi connectivity index (χ0n) is 10.7. The fraction of sp³-hybridized carbons (Fsp3) is 0.417. The molecule has 2 amide bonds. The highest BCUT2D eigenvalue weighted by atomic mass is 32.2. The molecule has 2 N–H and O–H groups in total. The average Bonchev–Trinajstić information content (AvgIpc) is 2.25. The largest absolute Gasteiger partial charge is 0.336 e. The van der Waals surface area contributed by atoms with Crippen molar-refractivity contribution < 1.29 is 13.2 Å². The molecule has 18 heavy (non-hydrogen) atoms. The lowest BCUT2D eigenvalue weighted by Gasteiger charge is -2.10. The number of urea groups is 1. The Hall–Kier alpha value is -1.56. The summed E-state index contributed by atoms with van der Waals surface area (Å²) in [5.41, 5.74) is 0.848. The molecule has 0 aliphatic rings. The van der Waals surface area contributed by atoms with E-state index in [0.29, 0.717) is 6.54 Å². The van der Waals surface area contributed by atoms with Crippen LogP contribution in [0.4, 0.5) is 4.79 Å². The van der Waals surface area contributed by atoms with Crippen LogP contribution in [-0.2, 0) is 16.4 Å². The Balaban J connectivity index is 2.57. The minimum atomic E-state index is -3.17. The van der Waals surface area contributed by atoms with Gasteiger partial charge in [-0.2, -0.15) is 0 Å². The van der Waals surface area contributed by atoms with E-state index in [9.17, 15) is 13.2 Å². The van der Waals surface area contributed by atoms with Crippen LogP contribution in [0.15, 0.2) is 29.2 Å². The first-order valence-corrected chi connectivity index (χ1v) is 7.51. The van der Waals surface area contributed by atoms with Gasteiger partial charge in [0.1, 0.15) is 0 Å². The first-order valence-electron chi connectivity index (χ1n) is 5.62. The maximum Gasteiger partial charge on any atom is 0.315 e. The van der Waals surface area contributed by atoms with E-state index in [1.54, 1.807) is 12.1 Å². The quantitative estimate of drug-likeness (QED) is 0.866. The van der Waals surface area contributed by atoms with Crippen molar-refractivity contribution in [2.45, 2.75) is 31.3 Å². The van der Waals surface area contributed by atoms with Gasteiger partial charge in [-0.25, -0.2) is 13.2 Å². The van der Waals surface area contributed by atoms with E-state index in [1.165, 1.54) is 12.1 Å². The Labute approximate surface area is 108 Å². The molecule has 5 nitrogen and oxygen atoms in total. The molecule has 0 fully saturated rings. The predicted octanol–water partition coefficient (Wildman–Crippen LogP) is 1.30. The topological polar surface area (TPSA) is 75.3 Å². The van der Waals surface area contributed by atoms with Crippen molar-refractivity contribution in [2.24, 2.45) is 0 Å². The number of benzene rings is 1. The van der Waals surface area contributed by atoms with E-state index in [2.05, 4.69) is 10.6 Å². The molecule has 0 radical (unpaired) electrons. The zero-order valence-corrected chi connectivity index (χ0v) is 11.5. The Morgan fingerprint density at radius 3 is 2.22 bits per heavy atom. The highest BCUT2D eigenvalue weighted by Crippen LogP contribution is 2.09. The molecule has 0 saturated heterocycles. The van der Waals surface area contributed by atoms with E-state index in [0.717, 1.165) is 11.8 Å². The molecule has 1 rings (SSSR count). The second kappa shape index (κ2) is 5.86. The van der Waals surface area contributed by atoms with Crippen molar-refractivity contribution in [2.75, 3.05) is 6.26 Å². The number of rotatable bonds is 4. The SMILES string of the molecule is CC(C)NC(=O)NCc1ccc(S(C)(=O)=O)cc1. The number of amides is 2. The van der Waals surface area contributed by atoms with Crippen LogP contribution in [0.25, 0.3) is 0 Å². The molecule has 1 aromatic rings. The summed E-state index contributed by atoms with van der Waals surface area (Å²) >= 11 is 0. The summed E-state index contributed by atoms with van der Waals surface area (Å²) in [5.74, 6) is 0. The molecule has 0 aliphatic carbocycles. The van der Waals surface area contributed by atoms with Crippen LogP contribution < -0.4 is 10.6 Å². The van der Waals surface area contributed by atoms with Crippen LogP contribution in [0.3, 0.4) is 0 Å². The van der Waals surface area contributed by atoms with Crippen molar-refractivity contribution in [3.05, 3.63) is 29.8 Å². The number of nitrogens with one attached hydrogen (secondary N) is 2. The Morgan fingerprint density at radius 1 is 1.22 bits per heavy atom. The average molecular weight is 270 g/mol. The molecule has 0 heterocycles. The molecule has 0 spiro atoms. The van der Waals surface area contributed by atoms with Crippen molar-refractivity contribution >= 4 is 15.9 Å². The third-order valence-corrected chi connectivity index (χ3v) is 3.35. The molecule has 1 aromatic carbocycles. The van der Waals surface area contributed by atoms with E-state index in [4.69, 9.17) is 0 Å². The molecule has 0 bridgehead atoms. The second-order valence-corrected chi connectivity index (χ2v) is 6.41. The number of carbonyl (C=O) groups excluding carboxylic acids is 1. The van der Waals surface area contributed by atoms with Gasteiger partial charge in [0.2, 0.25) is 0 Å². The Bertz CT molecular complexity index is 507. The molecule has 0 aromatic heterocycles. The van der Waals surface area contributed by atoms with E-state index >= 15 is 0 Å². The number of sulfone groups is 1. The summed E-state index contributed by atoms with van der Waals surface area (Å²) in [6.07, 6.45) is 1.16. The summed E-state index contributed by atoms with van der Waals surface area (Å²) in [6.45, 7) is 4.11. The lowest BCUT2D eigenvalue weighted by molar-refractivity contribution is 0.238. The van der Waals surface area contributed by atoms with Crippen LogP contribution >= 0.6 is 0 Å². The third-order valence-electron chi connectivity index (χ3n) is 2.22. The maximum atomic E-state index is 11.3. The lowest BCUT2D eigenvalue weighted by Crippen LogP contribution is -2.39. The molecular formula is C12H18N2O3S. The monoisotopic (exact) mass is 270 g/mol. The number of hydrogen-bond acceptors (Lipinski definition) is 3. The van der Waals surface area contributed by atoms with Crippen molar-refractivity contribution in [3.63, 3.8) is 0 Å². The van der Waals surface area contributed by atoms with Gasteiger partial charge in [-0.15, -0.1) is 0 Å². The first-order chi connectivity index (χ1) is 8.29. The second-order valence-electron chi connectivity index (χ2n) is 4.40. The first kappa shape index (κ1) is 14.5. The standard InChI is InChI=1S/C12H18N2O3S/c1-9(2)14-12(15)13-8-10-4-6-11(7-5-10)18(3,16)17/h4-7,9H,8H2,1-3H3,(H2,13,14,15). The molecule has 0 aliphatic heterocycles. The van der Waals surface area contributed by atoms with Gasteiger partial charge >= 0.3 is 6.03 Å². The zero-order chi connectivity index (χ0) is 13.8. The number of carbonyl (C=O) groups is 1. The van der Waals surface area contributed by atoms with Gasteiger partial charge in [0, 0.05) is 18.8 Å². The van der Waals surface area contributed by atoms with E-state index in [-0.39, 0.29) is 17.0 Å². The van der Waals surface area contributed by atoms with Gasteiger partial charge in [0.15, 0.2) is 9.84 Å². The van der Waals surface area contributed by atoms with Crippen molar-refractivity contribution in [1.29, 1.82) is 0 Å². The summed E-state index contributed by atoms with van der Waals surface area (Å²) < 4.78 is 22.5. The van der Waals surface area contributed by atoms with Crippen LogP contribution in [0.5, 0.6) is 0 Å². The minimum Gasteiger partial charge on any atom is -0.336 e. The third kappa shape index (κ3) is 4.75. The fourth-order valence-electron chi connectivity index (χ4n) is 1.35. The molecule has 6 heteroatoms. The van der Waals surface area contributed by atoms with Crippen LogP contribution in [0.1, 0.15) is 19.4 Å². The highest BCUT2D eigenvalue weighted by molar-refractivity contribution is 7.90. The van der Waals surface area contributed by atoms with Gasteiger partial charge in [0.05, 0.1) is 4.90 Å². The lowest BCUT2D eigenvalue weighted by atomic mass is 10.2. The number of hydrogen-bond donors (Lipinski definition) is 2. The van der Waals surface area contributed by atoms with Crippen LogP contribution in [0.2, 0.25) is 0 Å². The summed E-state index contributed by atoms with van der Waals surface area (Å²) in [4.78, 5) is 11.6. The van der Waals surface area contributed by atoms with Crippen molar-refractivity contribution in [1.82, 2.24) is 10.6 Å². The van der Waals surface area contributed by atoms with Crippen molar-refractivity contribution in [3.8, 4) is 0 Å². The Kier molecular flexibility index (Phi) is 4.72. The highest BCUT2D eigenvalue weighted by Gasteiger charge is 2.06. The molecular weight excluding hydrogens is 252 g/mol. The molecule has 0 unspecified atom stereocenters. The predicted molar refractivity (Wildman–Crippen MR) is 70.1 cm³/mol. The van der Waals surface area contributed by atoms with E-state index in [1.807, 2.05) is 13.8 Å².